The Balaban J connectivity index is 2.69. The van der Waals surface area contributed by atoms with Crippen LogP contribution in [0.15, 0.2) is 30.6 Å². The van der Waals surface area contributed by atoms with E-state index < -0.39 is 22.2 Å². The standard InChI is InChI=1S/C11H7F2N3O2/c12-8-3-1-2-6(10(8)13)7-4-15-5-9(11(7)14)16(17)18/h1-5H,(H2,14,15). The molecule has 1 aromatic carbocycles. The molecule has 1 aromatic heterocycles. The highest BCUT2D eigenvalue weighted by molar-refractivity contribution is 5.81. The third kappa shape index (κ3) is 1.86. The number of rotatable bonds is 2. The molecule has 0 aliphatic rings. The fourth-order valence-electron chi connectivity index (χ4n) is 1.53. The molecular weight excluding hydrogens is 244 g/mol. The van der Waals surface area contributed by atoms with Gasteiger partial charge in [0.15, 0.2) is 11.6 Å². The highest BCUT2D eigenvalue weighted by Crippen LogP contribution is 2.33. The van der Waals surface area contributed by atoms with Crippen molar-refractivity contribution < 1.29 is 13.7 Å². The zero-order valence-electron chi connectivity index (χ0n) is 8.93. The Morgan fingerprint density at radius 3 is 2.61 bits per heavy atom. The molecule has 5 nitrogen and oxygen atoms in total. The minimum absolute atomic E-state index is 0.0128. The van der Waals surface area contributed by atoms with Crippen LogP contribution in [0.4, 0.5) is 20.2 Å². The van der Waals surface area contributed by atoms with E-state index in [2.05, 4.69) is 4.98 Å². The van der Waals surface area contributed by atoms with Crippen molar-refractivity contribution in [3.05, 3.63) is 52.3 Å². The first-order valence-electron chi connectivity index (χ1n) is 4.84. The molecule has 0 aliphatic carbocycles. The predicted octanol–water partition coefficient (Wildman–Crippen LogP) is 2.52. The molecule has 0 spiro atoms. The summed E-state index contributed by atoms with van der Waals surface area (Å²) in [6.45, 7) is 0. The highest BCUT2D eigenvalue weighted by Gasteiger charge is 2.19. The number of halogens is 2. The van der Waals surface area contributed by atoms with Gasteiger partial charge in [0.25, 0.3) is 0 Å². The van der Waals surface area contributed by atoms with E-state index in [0.717, 1.165) is 18.5 Å². The van der Waals surface area contributed by atoms with Crippen LogP contribution in [0.25, 0.3) is 11.1 Å². The Hall–Kier alpha value is -2.57. The van der Waals surface area contributed by atoms with Crippen LogP contribution in [0.2, 0.25) is 0 Å². The van der Waals surface area contributed by atoms with Gasteiger partial charge in [-0.3, -0.25) is 15.1 Å². The van der Waals surface area contributed by atoms with Crippen molar-refractivity contribution in [1.82, 2.24) is 4.98 Å². The van der Waals surface area contributed by atoms with E-state index in [0.29, 0.717) is 0 Å². The number of nitrogen functional groups attached to an aromatic ring is 1. The van der Waals surface area contributed by atoms with Gasteiger partial charge in [0, 0.05) is 17.3 Å². The summed E-state index contributed by atoms with van der Waals surface area (Å²) in [4.78, 5) is 13.5. The number of pyridine rings is 1. The first-order chi connectivity index (χ1) is 8.52. The Morgan fingerprint density at radius 2 is 1.94 bits per heavy atom. The van der Waals surface area contributed by atoms with Crippen LogP contribution in [0.3, 0.4) is 0 Å². The Morgan fingerprint density at radius 1 is 1.22 bits per heavy atom. The molecule has 0 aliphatic heterocycles. The molecule has 0 unspecified atom stereocenters. The lowest BCUT2D eigenvalue weighted by Crippen LogP contribution is -2.00. The van der Waals surface area contributed by atoms with Crippen LogP contribution >= 0.6 is 0 Å². The Labute approximate surface area is 100 Å². The molecule has 0 bridgehead atoms. The van der Waals surface area contributed by atoms with Gasteiger partial charge in [-0.1, -0.05) is 12.1 Å². The third-order valence-electron chi connectivity index (χ3n) is 2.41. The maximum absolute atomic E-state index is 13.6. The lowest BCUT2D eigenvalue weighted by Gasteiger charge is -2.06. The lowest BCUT2D eigenvalue weighted by molar-refractivity contribution is -0.384. The summed E-state index contributed by atoms with van der Waals surface area (Å²) < 4.78 is 26.7. The van der Waals surface area contributed by atoms with Crippen molar-refractivity contribution in [2.24, 2.45) is 0 Å². The quantitative estimate of drug-likeness (QED) is 0.656. The van der Waals surface area contributed by atoms with Crippen molar-refractivity contribution in [2.45, 2.75) is 0 Å². The van der Waals surface area contributed by atoms with Crippen molar-refractivity contribution in [3.63, 3.8) is 0 Å². The number of anilines is 1. The van der Waals surface area contributed by atoms with Crippen molar-refractivity contribution in [1.29, 1.82) is 0 Å². The average Bonchev–Trinajstić information content (AvgIpc) is 2.33. The predicted molar refractivity (Wildman–Crippen MR) is 60.7 cm³/mol. The molecule has 18 heavy (non-hydrogen) atoms. The van der Waals surface area contributed by atoms with E-state index >= 15 is 0 Å². The zero-order valence-corrected chi connectivity index (χ0v) is 8.93. The van der Waals surface area contributed by atoms with E-state index in [9.17, 15) is 18.9 Å². The van der Waals surface area contributed by atoms with Gasteiger partial charge < -0.3 is 5.73 Å². The first-order valence-corrected chi connectivity index (χ1v) is 4.84. The highest BCUT2D eigenvalue weighted by atomic mass is 19.2. The SMILES string of the molecule is Nc1c(-c2cccc(F)c2F)cncc1[N+](=O)[O-]. The maximum atomic E-state index is 13.6. The molecule has 0 saturated carbocycles. The number of nitro groups is 1. The number of aromatic nitrogens is 1. The zero-order chi connectivity index (χ0) is 13.3. The van der Waals surface area contributed by atoms with Gasteiger partial charge in [-0.15, -0.1) is 0 Å². The molecular formula is C11H7F2N3O2. The van der Waals surface area contributed by atoms with Gasteiger partial charge in [-0.05, 0) is 6.07 Å². The fourth-order valence-corrected chi connectivity index (χ4v) is 1.53. The average molecular weight is 251 g/mol. The van der Waals surface area contributed by atoms with Crippen LogP contribution in [-0.2, 0) is 0 Å². The maximum Gasteiger partial charge on any atom is 0.310 e. The van der Waals surface area contributed by atoms with Gasteiger partial charge in [0.05, 0.1) is 4.92 Å². The second kappa shape index (κ2) is 4.36. The topological polar surface area (TPSA) is 82.0 Å². The summed E-state index contributed by atoms with van der Waals surface area (Å²) in [6, 6.07) is 3.50. The molecule has 2 N–H and O–H groups in total. The van der Waals surface area contributed by atoms with Crippen LogP contribution in [0.5, 0.6) is 0 Å². The van der Waals surface area contributed by atoms with Crippen LogP contribution in [0.1, 0.15) is 0 Å². The molecule has 0 amide bonds. The van der Waals surface area contributed by atoms with Crippen LogP contribution < -0.4 is 5.73 Å². The second-order valence-electron chi connectivity index (χ2n) is 3.48. The van der Waals surface area contributed by atoms with Gasteiger partial charge in [0.1, 0.15) is 11.9 Å². The van der Waals surface area contributed by atoms with Gasteiger partial charge in [-0.2, -0.15) is 0 Å². The smallest absolute Gasteiger partial charge is 0.310 e. The lowest BCUT2D eigenvalue weighted by atomic mass is 10.0. The molecule has 0 radical (unpaired) electrons. The van der Waals surface area contributed by atoms with E-state index in [-0.39, 0.29) is 16.8 Å². The molecule has 92 valence electrons. The van der Waals surface area contributed by atoms with Crippen LogP contribution in [-0.4, -0.2) is 9.91 Å². The number of nitrogens with two attached hydrogens (primary N) is 1. The largest absolute Gasteiger partial charge is 0.393 e. The summed E-state index contributed by atoms with van der Waals surface area (Å²) in [5, 5.41) is 10.7. The number of hydrogen-bond acceptors (Lipinski definition) is 4. The molecule has 2 rings (SSSR count). The molecule has 0 saturated heterocycles. The third-order valence-corrected chi connectivity index (χ3v) is 2.41. The summed E-state index contributed by atoms with van der Waals surface area (Å²) >= 11 is 0. The monoisotopic (exact) mass is 251 g/mol. The second-order valence-corrected chi connectivity index (χ2v) is 3.48. The summed E-state index contributed by atoms with van der Waals surface area (Å²) in [7, 11) is 0. The summed E-state index contributed by atoms with van der Waals surface area (Å²) in [5.74, 6) is -2.18. The molecule has 7 heteroatoms. The van der Waals surface area contributed by atoms with E-state index in [1.165, 1.54) is 12.1 Å². The molecule has 2 aromatic rings. The number of nitrogens with zero attached hydrogens (tertiary/aromatic N) is 2. The van der Waals surface area contributed by atoms with Crippen molar-refractivity contribution in [3.8, 4) is 11.1 Å². The normalized spacial score (nSPS) is 10.3. The van der Waals surface area contributed by atoms with Crippen molar-refractivity contribution >= 4 is 11.4 Å². The Kier molecular flexibility index (Phi) is 2.88. The fraction of sp³-hybridized carbons (Fsp3) is 0. The summed E-state index contributed by atoms with van der Waals surface area (Å²) in [6.07, 6.45) is 2.11. The molecule has 0 atom stereocenters. The van der Waals surface area contributed by atoms with Crippen molar-refractivity contribution in [2.75, 3.05) is 5.73 Å². The van der Waals surface area contributed by atoms with E-state index in [4.69, 9.17) is 5.73 Å². The van der Waals surface area contributed by atoms with Gasteiger partial charge in [0.2, 0.25) is 0 Å². The first kappa shape index (κ1) is 11.9. The van der Waals surface area contributed by atoms with E-state index in [1.54, 1.807) is 0 Å². The minimum Gasteiger partial charge on any atom is -0.393 e. The van der Waals surface area contributed by atoms with E-state index in [1.807, 2.05) is 0 Å². The number of hydrogen-bond donors (Lipinski definition) is 1. The van der Waals surface area contributed by atoms with Gasteiger partial charge in [-0.25, -0.2) is 8.78 Å². The molecule has 1 heterocycles. The van der Waals surface area contributed by atoms with Crippen LogP contribution in [0, 0.1) is 21.7 Å². The molecule has 0 fully saturated rings. The minimum atomic E-state index is -1.12. The summed E-state index contributed by atoms with van der Waals surface area (Å²) in [5.41, 5.74) is 4.69. The number of benzene rings is 1. The van der Waals surface area contributed by atoms with Gasteiger partial charge >= 0.3 is 5.69 Å². The Bertz CT molecular complexity index is 632.